The van der Waals surface area contributed by atoms with Gasteiger partial charge in [-0.3, -0.25) is 9.59 Å². The molecular weight excluding hydrogens is 528 g/mol. The quantitative estimate of drug-likeness (QED) is 0.222. The molecule has 2 aromatic rings. The Labute approximate surface area is 239 Å². The molecule has 40 heavy (non-hydrogen) atoms. The number of carbonyl (C=O) groups excluding carboxylic acids is 2. The van der Waals surface area contributed by atoms with Gasteiger partial charge in [0.2, 0.25) is 5.91 Å². The van der Waals surface area contributed by atoms with Crippen molar-refractivity contribution in [3.63, 3.8) is 0 Å². The van der Waals surface area contributed by atoms with Crippen molar-refractivity contribution in [1.82, 2.24) is 4.98 Å². The Morgan fingerprint density at radius 3 is 2.33 bits per heavy atom. The van der Waals surface area contributed by atoms with Crippen molar-refractivity contribution >= 4 is 29.5 Å². The Morgan fingerprint density at radius 2 is 1.77 bits per heavy atom. The average molecular weight is 565 g/mol. The standard InChI is InChI=1S/C29H36N6O4S/c1-4-21-22(16-30)27(34-28(23(21)17-31)40-25(26(33)36)19-8-6-5-7-9-19)35-12-10-20(11-13-35)38-14-15-39-29(37)24(32)18(2)3/h5-9,18,20,24-25H,4,10-15,32H2,1-3H3,(H2,33,36)/t24-,25-/m0/s1. The summed E-state index contributed by atoms with van der Waals surface area (Å²) in [5.41, 5.74) is 13.5. The zero-order valence-corrected chi connectivity index (χ0v) is 23.9. The molecule has 0 bridgehead atoms. The number of primary amides is 1. The van der Waals surface area contributed by atoms with Crippen molar-refractivity contribution in [2.24, 2.45) is 17.4 Å². The van der Waals surface area contributed by atoms with Crippen LogP contribution in [0.25, 0.3) is 0 Å². The van der Waals surface area contributed by atoms with Crippen LogP contribution >= 0.6 is 11.8 Å². The fourth-order valence-electron chi connectivity index (χ4n) is 4.49. The third-order valence-electron chi connectivity index (χ3n) is 6.83. The Morgan fingerprint density at radius 1 is 1.12 bits per heavy atom. The van der Waals surface area contributed by atoms with Crippen LogP contribution in [-0.4, -0.2) is 55.3 Å². The Hall–Kier alpha value is -3.64. The number of esters is 1. The normalized spacial score (nSPS) is 15.2. The lowest BCUT2D eigenvalue weighted by molar-refractivity contribution is -0.148. The number of benzene rings is 1. The minimum absolute atomic E-state index is 0.000888. The number of anilines is 1. The number of hydrogen-bond donors (Lipinski definition) is 2. The first-order valence-corrected chi connectivity index (χ1v) is 14.3. The minimum atomic E-state index is -0.741. The number of pyridine rings is 1. The van der Waals surface area contributed by atoms with Crippen LogP contribution in [0.3, 0.4) is 0 Å². The molecule has 1 aliphatic rings. The van der Waals surface area contributed by atoms with E-state index in [1.165, 1.54) is 0 Å². The molecule has 1 fully saturated rings. The highest BCUT2D eigenvalue weighted by Crippen LogP contribution is 2.40. The molecule has 0 radical (unpaired) electrons. The fourth-order valence-corrected chi connectivity index (χ4v) is 5.55. The van der Waals surface area contributed by atoms with Crippen LogP contribution < -0.4 is 16.4 Å². The van der Waals surface area contributed by atoms with Crippen LogP contribution in [0.2, 0.25) is 0 Å². The topological polar surface area (TPSA) is 168 Å². The third kappa shape index (κ3) is 7.51. The highest BCUT2D eigenvalue weighted by molar-refractivity contribution is 8.00. The Balaban J connectivity index is 1.75. The van der Waals surface area contributed by atoms with Gasteiger partial charge in [0.1, 0.15) is 40.9 Å². The van der Waals surface area contributed by atoms with Crippen molar-refractivity contribution in [1.29, 1.82) is 10.5 Å². The molecule has 1 aromatic carbocycles. The van der Waals surface area contributed by atoms with Crippen LogP contribution in [0.5, 0.6) is 0 Å². The van der Waals surface area contributed by atoms with Gasteiger partial charge in [-0.25, -0.2) is 4.98 Å². The molecule has 0 spiro atoms. The second-order valence-electron chi connectivity index (χ2n) is 9.85. The zero-order chi connectivity index (χ0) is 29.2. The second kappa shape index (κ2) is 14.7. The molecule has 0 saturated carbocycles. The molecule has 10 nitrogen and oxygen atoms in total. The molecule has 0 aliphatic carbocycles. The van der Waals surface area contributed by atoms with E-state index in [1.54, 1.807) is 0 Å². The maximum atomic E-state index is 12.4. The van der Waals surface area contributed by atoms with E-state index in [-0.39, 0.29) is 25.2 Å². The molecule has 1 aromatic heterocycles. The van der Waals surface area contributed by atoms with E-state index >= 15 is 0 Å². The molecular formula is C29H36N6O4S. The number of aromatic nitrogens is 1. The van der Waals surface area contributed by atoms with E-state index in [1.807, 2.05) is 56.0 Å². The van der Waals surface area contributed by atoms with Crippen LogP contribution in [-0.2, 0) is 25.5 Å². The summed E-state index contributed by atoms with van der Waals surface area (Å²) < 4.78 is 11.1. The molecule has 11 heteroatoms. The lowest BCUT2D eigenvalue weighted by Crippen LogP contribution is -2.39. The van der Waals surface area contributed by atoms with Crippen molar-refractivity contribution in [3.8, 4) is 12.1 Å². The summed E-state index contributed by atoms with van der Waals surface area (Å²) in [6, 6.07) is 12.9. The molecule has 1 amide bonds. The van der Waals surface area contributed by atoms with E-state index in [2.05, 4.69) is 12.1 Å². The van der Waals surface area contributed by atoms with Gasteiger partial charge < -0.3 is 25.8 Å². The van der Waals surface area contributed by atoms with Crippen LogP contribution in [0, 0.1) is 28.6 Å². The van der Waals surface area contributed by atoms with Crippen molar-refractivity contribution in [3.05, 3.63) is 52.6 Å². The predicted molar refractivity (Wildman–Crippen MR) is 152 cm³/mol. The van der Waals surface area contributed by atoms with Gasteiger partial charge in [-0.2, -0.15) is 10.5 Å². The van der Waals surface area contributed by atoms with Gasteiger partial charge in [0, 0.05) is 13.1 Å². The third-order valence-corrected chi connectivity index (χ3v) is 8.09. The lowest BCUT2D eigenvalue weighted by Gasteiger charge is -2.34. The van der Waals surface area contributed by atoms with Crippen molar-refractivity contribution in [2.75, 3.05) is 31.2 Å². The Kier molecular flexibility index (Phi) is 11.3. The number of nitrogens with two attached hydrogens (primary N) is 2. The Bertz CT molecular complexity index is 1270. The molecule has 2 atom stereocenters. The van der Waals surface area contributed by atoms with Gasteiger partial charge in [0.05, 0.1) is 23.8 Å². The number of nitrogens with zero attached hydrogens (tertiary/aromatic N) is 4. The zero-order valence-electron chi connectivity index (χ0n) is 23.1. The van der Waals surface area contributed by atoms with Crippen LogP contribution in [0.15, 0.2) is 35.4 Å². The van der Waals surface area contributed by atoms with Gasteiger partial charge >= 0.3 is 5.97 Å². The van der Waals surface area contributed by atoms with Crippen molar-refractivity contribution in [2.45, 2.75) is 62.5 Å². The van der Waals surface area contributed by atoms with Gasteiger partial charge in [-0.05, 0) is 36.3 Å². The van der Waals surface area contributed by atoms with E-state index in [0.29, 0.717) is 65.4 Å². The number of amides is 1. The number of rotatable bonds is 12. The monoisotopic (exact) mass is 564 g/mol. The summed E-state index contributed by atoms with van der Waals surface area (Å²) in [4.78, 5) is 31.1. The molecule has 1 aliphatic heterocycles. The summed E-state index contributed by atoms with van der Waals surface area (Å²) >= 11 is 1.13. The summed E-state index contributed by atoms with van der Waals surface area (Å²) in [6.07, 6.45) is 1.79. The van der Waals surface area contributed by atoms with E-state index in [4.69, 9.17) is 25.9 Å². The average Bonchev–Trinajstić information content (AvgIpc) is 2.97. The largest absolute Gasteiger partial charge is 0.462 e. The van der Waals surface area contributed by atoms with Gasteiger partial charge in [0.25, 0.3) is 0 Å². The highest BCUT2D eigenvalue weighted by atomic mass is 32.2. The van der Waals surface area contributed by atoms with E-state index in [9.17, 15) is 20.1 Å². The predicted octanol–water partition coefficient (Wildman–Crippen LogP) is 3.22. The van der Waals surface area contributed by atoms with E-state index in [0.717, 1.165) is 11.8 Å². The number of thioether (sulfide) groups is 1. The number of carbonyl (C=O) groups is 2. The fraction of sp³-hybridized carbons (Fsp3) is 0.483. The first kappa shape index (κ1) is 30.9. The molecule has 1 saturated heterocycles. The smallest absolute Gasteiger partial charge is 0.323 e. The summed E-state index contributed by atoms with van der Waals surface area (Å²) in [5.74, 6) is -0.484. The summed E-state index contributed by atoms with van der Waals surface area (Å²) in [5, 5.41) is 19.7. The van der Waals surface area contributed by atoms with Gasteiger partial charge in [-0.1, -0.05) is 62.9 Å². The van der Waals surface area contributed by atoms with Gasteiger partial charge in [-0.15, -0.1) is 0 Å². The number of piperidine rings is 1. The number of hydrogen-bond acceptors (Lipinski definition) is 10. The molecule has 0 unspecified atom stereocenters. The summed E-state index contributed by atoms with van der Waals surface area (Å²) in [6.45, 7) is 7.19. The molecule has 2 heterocycles. The molecule has 4 N–H and O–H groups in total. The maximum Gasteiger partial charge on any atom is 0.323 e. The lowest BCUT2D eigenvalue weighted by atomic mass is 10.0. The summed E-state index contributed by atoms with van der Waals surface area (Å²) in [7, 11) is 0. The molecule has 3 rings (SSSR count). The van der Waals surface area contributed by atoms with Gasteiger partial charge in [0.15, 0.2) is 0 Å². The van der Waals surface area contributed by atoms with Crippen LogP contribution in [0.1, 0.15) is 61.1 Å². The van der Waals surface area contributed by atoms with Crippen molar-refractivity contribution < 1.29 is 19.1 Å². The minimum Gasteiger partial charge on any atom is -0.462 e. The first-order chi connectivity index (χ1) is 19.2. The second-order valence-corrected chi connectivity index (χ2v) is 10.9. The highest BCUT2D eigenvalue weighted by Gasteiger charge is 2.29. The maximum absolute atomic E-state index is 12.4. The number of nitriles is 2. The number of ether oxygens (including phenoxy) is 2. The van der Waals surface area contributed by atoms with E-state index < -0.39 is 23.2 Å². The first-order valence-electron chi connectivity index (χ1n) is 13.4. The molecule has 212 valence electrons. The SMILES string of the molecule is CCc1c(C#N)c(S[C@H](C(N)=O)c2ccccc2)nc(N2CCC(OCCOC(=O)[C@@H](N)C(C)C)CC2)c1C#N. The van der Waals surface area contributed by atoms with Crippen LogP contribution in [0.4, 0.5) is 5.82 Å².